The zero-order valence-electron chi connectivity index (χ0n) is 40.3. The second kappa shape index (κ2) is 21.8. The number of amides is 3. The van der Waals surface area contributed by atoms with E-state index in [-0.39, 0.29) is 29.9 Å². The first kappa shape index (κ1) is 47.5. The van der Waals surface area contributed by atoms with Crippen LogP contribution < -0.4 is 5.32 Å². The lowest BCUT2D eigenvalue weighted by atomic mass is 9.91. The molecule has 2 atom stereocenters. The van der Waals surface area contributed by atoms with Gasteiger partial charge >= 0.3 is 6.09 Å². The molecule has 356 valence electrons. The Bertz CT molecular complexity index is 2550. The predicted molar refractivity (Wildman–Crippen MR) is 272 cm³/mol. The fourth-order valence-corrected chi connectivity index (χ4v) is 10.6. The minimum Gasteiger partial charge on any atom is -0.444 e. The average molecular weight is 923 g/mol. The van der Waals surface area contributed by atoms with Gasteiger partial charge in [-0.05, 0) is 78.1 Å². The van der Waals surface area contributed by atoms with E-state index in [1.807, 2.05) is 67.0 Å². The van der Waals surface area contributed by atoms with E-state index in [9.17, 15) is 14.4 Å². The molecule has 2 fully saturated rings. The lowest BCUT2D eigenvalue weighted by molar-refractivity contribution is -0.139. The lowest BCUT2D eigenvalue weighted by Gasteiger charge is -2.43. The Morgan fingerprint density at radius 1 is 0.478 bits per heavy atom. The Balaban J connectivity index is 0.000000175. The summed E-state index contributed by atoms with van der Waals surface area (Å²) in [5, 5.41) is 3.45. The number of rotatable bonds is 8. The average Bonchev–Trinajstić information content (AvgIpc) is 3.39. The van der Waals surface area contributed by atoms with Crippen molar-refractivity contribution in [1.82, 2.24) is 29.8 Å². The van der Waals surface area contributed by atoms with Gasteiger partial charge in [0.1, 0.15) is 17.7 Å². The monoisotopic (exact) mass is 923 g/mol. The van der Waals surface area contributed by atoms with Crippen LogP contribution in [0, 0.1) is 0 Å². The number of piperazine rings is 2. The normalized spacial score (nSPS) is 18.7. The number of ether oxygens (including phenoxy) is 1. The first-order chi connectivity index (χ1) is 33.6. The molecule has 6 aromatic carbocycles. The lowest BCUT2D eigenvalue weighted by Crippen LogP contribution is -2.55. The topological polar surface area (TPSA) is 88.7 Å². The minimum atomic E-state index is -0.666. The summed E-state index contributed by atoms with van der Waals surface area (Å²) in [6.07, 6.45) is 1.27. The second-order valence-corrected chi connectivity index (χ2v) is 19.5. The molecule has 69 heavy (non-hydrogen) atoms. The first-order valence-electron chi connectivity index (χ1n) is 24.8. The van der Waals surface area contributed by atoms with Gasteiger partial charge in [-0.3, -0.25) is 24.3 Å². The van der Waals surface area contributed by atoms with Crippen molar-refractivity contribution in [2.24, 2.45) is 0 Å². The first-order valence-corrected chi connectivity index (χ1v) is 24.8. The van der Waals surface area contributed by atoms with Gasteiger partial charge in [0.25, 0.3) is 0 Å². The van der Waals surface area contributed by atoms with E-state index in [4.69, 9.17) is 4.74 Å². The molecule has 10 nitrogen and oxygen atoms in total. The van der Waals surface area contributed by atoms with Gasteiger partial charge in [-0.2, -0.15) is 0 Å². The van der Waals surface area contributed by atoms with Crippen molar-refractivity contribution in [1.29, 1.82) is 0 Å². The molecular weight excluding hydrogens is 857 g/mol. The van der Waals surface area contributed by atoms with Gasteiger partial charge in [0.15, 0.2) is 0 Å². The summed E-state index contributed by atoms with van der Waals surface area (Å²) in [6, 6.07) is 58.3. The van der Waals surface area contributed by atoms with Gasteiger partial charge < -0.3 is 19.9 Å². The third kappa shape index (κ3) is 11.2. The molecule has 0 aliphatic carbocycles. The highest BCUT2D eigenvalue weighted by Crippen LogP contribution is 2.35. The summed E-state index contributed by atoms with van der Waals surface area (Å²) in [6.45, 7) is 12.9. The van der Waals surface area contributed by atoms with E-state index in [1.165, 1.54) is 27.8 Å². The maximum Gasteiger partial charge on any atom is 0.411 e. The van der Waals surface area contributed by atoms with E-state index >= 15 is 0 Å². The maximum absolute atomic E-state index is 14.1. The zero-order chi connectivity index (χ0) is 47.7. The quantitative estimate of drug-likeness (QED) is 0.163. The molecular formula is C59H66N6O4. The van der Waals surface area contributed by atoms with E-state index in [2.05, 4.69) is 149 Å². The number of nitrogens with zero attached hydrogens (tertiary/aromatic N) is 5. The van der Waals surface area contributed by atoms with Crippen LogP contribution in [0.1, 0.15) is 89.4 Å². The molecule has 6 aromatic rings. The Morgan fingerprint density at radius 3 is 1.32 bits per heavy atom. The molecule has 4 aliphatic rings. The number of hydrogen-bond acceptors (Lipinski definition) is 7. The molecule has 0 radical (unpaired) electrons. The Kier molecular flexibility index (Phi) is 15.0. The molecule has 0 aromatic heterocycles. The maximum atomic E-state index is 14.1. The van der Waals surface area contributed by atoms with Crippen molar-refractivity contribution >= 4 is 17.9 Å². The third-order valence-electron chi connectivity index (χ3n) is 13.9. The molecule has 3 amide bonds. The third-order valence-corrected chi connectivity index (χ3v) is 13.9. The van der Waals surface area contributed by atoms with Crippen LogP contribution in [-0.4, -0.2) is 113 Å². The van der Waals surface area contributed by atoms with E-state index in [0.717, 1.165) is 68.9 Å². The molecule has 0 spiro atoms. The minimum absolute atomic E-state index is 0.0290. The molecule has 2 unspecified atom stereocenters. The summed E-state index contributed by atoms with van der Waals surface area (Å²) in [5.41, 5.74) is 8.94. The Labute approximate surface area is 408 Å². The SMILES string of the molecule is CC(C)(C)OC(=O)N1CCc2ccccc2C1C(=O)N1CCN(C(c2ccccc2)c2ccccc2)CC1.O=C(C1NCCc2ccccc21)N1CCN(C(c2ccccc2)c2ccccc2)CC1. The highest BCUT2D eigenvalue weighted by Gasteiger charge is 2.41. The van der Waals surface area contributed by atoms with E-state index < -0.39 is 17.7 Å². The van der Waals surface area contributed by atoms with Gasteiger partial charge in [0, 0.05) is 65.4 Å². The van der Waals surface area contributed by atoms with Crippen molar-refractivity contribution in [2.45, 2.75) is 63.4 Å². The van der Waals surface area contributed by atoms with Crippen LogP contribution in [0.3, 0.4) is 0 Å². The molecule has 10 heteroatoms. The van der Waals surface area contributed by atoms with Crippen molar-refractivity contribution in [2.75, 3.05) is 65.4 Å². The largest absolute Gasteiger partial charge is 0.444 e. The van der Waals surface area contributed by atoms with Gasteiger partial charge in [0.05, 0.1) is 12.1 Å². The fourth-order valence-electron chi connectivity index (χ4n) is 10.6. The van der Waals surface area contributed by atoms with Crippen molar-refractivity contribution in [3.05, 3.63) is 214 Å². The summed E-state index contributed by atoms with van der Waals surface area (Å²) in [7, 11) is 0. The van der Waals surface area contributed by atoms with Gasteiger partial charge in [-0.15, -0.1) is 0 Å². The summed E-state index contributed by atoms with van der Waals surface area (Å²) in [5.74, 6) is 0.182. The molecule has 4 aliphatic heterocycles. The molecule has 10 rings (SSSR count). The number of hydrogen-bond donors (Lipinski definition) is 1. The molecule has 0 saturated carbocycles. The van der Waals surface area contributed by atoms with Gasteiger partial charge in [0.2, 0.25) is 11.8 Å². The Morgan fingerprint density at radius 2 is 0.870 bits per heavy atom. The number of carbonyl (C=O) groups excluding carboxylic acids is 3. The molecule has 2 saturated heterocycles. The second-order valence-electron chi connectivity index (χ2n) is 19.5. The number of benzene rings is 6. The van der Waals surface area contributed by atoms with Gasteiger partial charge in [-0.25, -0.2) is 4.79 Å². The van der Waals surface area contributed by atoms with Crippen LogP contribution in [-0.2, 0) is 27.2 Å². The van der Waals surface area contributed by atoms with Crippen LogP contribution in [0.4, 0.5) is 4.79 Å². The van der Waals surface area contributed by atoms with Crippen molar-refractivity contribution in [3.8, 4) is 0 Å². The zero-order valence-corrected chi connectivity index (χ0v) is 40.3. The van der Waals surface area contributed by atoms with Crippen LogP contribution in [0.25, 0.3) is 0 Å². The van der Waals surface area contributed by atoms with Gasteiger partial charge in [-0.1, -0.05) is 170 Å². The molecule has 1 N–H and O–H groups in total. The predicted octanol–water partition coefficient (Wildman–Crippen LogP) is 9.26. The van der Waals surface area contributed by atoms with Crippen molar-refractivity contribution in [3.63, 3.8) is 0 Å². The number of nitrogens with one attached hydrogen (secondary N) is 1. The fraction of sp³-hybridized carbons (Fsp3) is 0.339. The van der Waals surface area contributed by atoms with Crippen LogP contribution in [0.5, 0.6) is 0 Å². The van der Waals surface area contributed by atoms with Crippen LogP contribution in [0.15, 0.2) is 170 Å². The van der Waals surface area contributed by atoms with Crippen LogP contribution >= 0.6 is 0 Å². The summed E-state index contributed by atoms with van der Waals surface area (Å²) in [4.78, 5) is 51.2. The summed E-state index contributed by atoms with van der Waals surface area (Å²) < 4.78 is 5.71. The van der Waals surface area contributed by atoms with E-state index in [0.29, 0.717) is 26.1 Å². The van der Waals surface area contributed by atoms with Crippen LogP contribution in [0.2, 0.25) is 0 Å². The number of fused-ring (bicyclic) bond motifs is 2. The van der Waals surface area contributed by atoms with E-state index in [1.54, 1.807) is 4.90 Å². The molecule has 0 bridgehead atoms. The number of carbonyl (C=O) groups is 3. The highest BCUT2D eigenvalue weighted by molar-refractivity contribution is 5.88. The summed E-state index contributed by atoms with van der Waals surface area (Å²) >= 11 is 0. The highest BCUT2D eigenvalue weighted by atomic mass is 16.6. The van der Waals surface area contributed by atoms with Crippen molar-refractivity contribution < 1.29 is 19.1 Å². The standard InChI is InChI=1S/C32H37N3O3.C27H29N3O/c1-32(2,3)38-31(37)35-19-18-24-12-10-11-17-27(24)29(35)30(36)34-22-20-33(21-23-34)28(25-13-6-4-7-14-25)26-15-8-5-9-16-26;31-27(25-24-14-8-7-9-21(24)15-16-28-25)30-19-17-29(18-20-30)26(22-10-3-1-4-11-22)23-12-5-2-6-13-23/h4-17,28-29H,18-23H2,1-3H3;1-14,25-26,28H,15-20H2. The molecule has 4 heterocycles. The smallest absolute Gasteiger partial charge is 0.411 e. The Hall–Kier alpha value is -6.59.